The maximum absolute atomic E-state index is 12.3. The molecule has 0 spiro atoms. The number of nitrogens with zero attached hydrogens (tertiary/aromatic N) is 2. The van der Waals surface area contributed by atoms with E-state index < -0.39 is 0 Å². The van der Waals surface area contributed by atoms with Gasteiger partial charge in [-0.15, -0.1) is 0 Å². The Morgan fingerprint density at radius 3 is 2.26 bits per heavy atom. The van der Waals surface area contributed by atoms with E-state index in [9.17, 15) is 9.59 Å². The largest absolute Gasteiger partial charge is 0.334 e. The van der Waals surface area contributed by atoms with Gasteiger partial charge in [-0.05, 0) is 25.2 Å². The van der Waals surface area contributed by atoms with Crippen LogP contribution >= 0.6 is 0 Å². The van der Waals surface area contributed by atoms with Crippen LogP contribution in [0.2, 0.25) is 0 Å². The number of carbonyl (C=O) groups is 2. The van der Waals surface area contributed by atoms with Gasteiger partial charge in [-0.2, -0.15) is 0 Å². The SMILES string of the molecule is CCC1CCCN(C(=O)C(=O)N2CCNCC2)CC1. The molecule has 2 saturated heterocycles. The molecule has 0 aliphatic carbocycles. The zero-order valence-corrected chi connectivity index (χ0v) is 11.9. The Labute approximate surface area is 115 Å². The van der Waals surface area contributed by atoms with Crippen LogP contribution in [0.15, 0.2) is 0 Å². The second kappa shape index (κ2) is 6.89. The van der Waals surface area contributed by atoms with E-state index in [-0.39, 0.29) is 11.8 Å². The van der Waals surface area contributed by atoms with Crippen molar-refractivity contribution in [2.45, 2.75) is 32.6 Å². The first kappa shape index (κ1) is 14.3. The quantitative estimate of drug-likeness (QED) is 0.702. The first-order chi connectivity index (χ1) is 9.22. The van der Waals surface area contributed by atoms with Crippen molar-refractivity contribution in [2.75, 3.05) is 39.3 Å². The molecule has 5 nitrogen and oxygen atoms in total. The molecule has 2 amide bonds. The summed E-state index contributed by atoms with van der Waals surface area (Å²) in [4.78, 5) is 27.9. The molecular weight excluding hydrogens is 242 g/mol. The van der Waals surface area contributed by atoms with Gasteiger partial charge in [0.15, 0.2) is 0 Å². The molecular formula is C14H25N3O2. The molecule has 19 heavy (non-hydrogen) atoms. The number of carbonyl (C=O) groups excluding carboxylic acids is 2. The summed E-state index contributed by atoms with van der Waals surface area (Å²) in [6.45, 7) is 6.57. The van der Waals surface area contributed by atoms with Crippen molar-refractivity contribution in [3.63, 3.8) is 0 Å². The molecule has 2 rings (SSSR count). The average molecular weight is 267 g/mol. The van der Waals surface area contributed by atoms with Crippen molar-refractivity contribution in [1.82, 2.24) is 15.1 Å². The first-order valence-corrected chi connectivity index (χ1v) is 7.51. The molecule has 2 fully saturated rings. The highest BCUT2D eigenvalue weighted by atomic mass is 16.2. The zero-order valence-electron chi connectivity index (χ0n) is 11.9. The van der Waals surface area contributed by atoms with Gasteiger partial charge in [0.1, 0.15) is 0 Å². The summed E-state index contributed by atoms with van der Waals surface area (Å²) < 4.78 is 0. The maximum atomic E-state index is 12.3. The summed E-state index contributed by atoms with van der Waals surface area (Å²) in [5.74, 6) is 0.113. The van der Waals surface area contributed by atoms with E-state index in [0.717, 1.165) is 39.0 Å². The molecule has 5 heteroatoms. The van der Waals surface area contributed by atoms with Crippen LogP contribution in [0.1, 0.15) is 32.6 Å². The minimum Gasteiger partial charge on any atom is -0.334 e. The van der Waals surface area contributed by atoms with Crippen molar-refractivity contribution in [1.29, 1.82) is 0 Å². The van der Waals surface area contributed by atoms with E-state index in [1.54, 1.807) is 9.80 Å². The summed E-state index contributed by atoms with van der Waals surface area (Å²) in [6.07, 6.45) is 4.42. The molecule has 0 saturated carbocycles. The predicted octanol–water partition coefficient (Wildman–Crippen LogP) is 0.457. The number of piperazine rings is 1. The molecule has 1 N–H and O–H groups in total. The third-order valence-electron chi connectivity index (χ3n) is 4.30. The van der Waals surface area contributed by atoms with Crippen LogP contribution < -0.4 is 5.32 Å². The van der Waals surface area contributed by atoms with Crippen LogP contribution in [0.25, 0.3) is 0 Å². The lowest BCUT2D eigenvalue weighted by atomic mass is 9.98. The standard InChI is InChI=1S/C14H25N3O2/c1-2-12-4-3-8-16(9-5-12)13(18)14(19)17-10-6-15-7-11-17/h12,15H,2-11H2,1H3. The van der Waals surface area contributed by atoms with Crippen LogP contribution in [0.5, 0.6) is 0 Å². The van der Waals surface area contributed by atoms with Crippen LogP contribution in [-0.2, 0) is 9.59 Å². The van der Waals surface area contributed by atoms with Gasteiger partial charge < -0.3 is 15.1 Å². The van der Waals surface area contributed by atoms with E-state index in [1.165, 1.54) is 12.8 Å². The highest BCUT2D eigenvalue weighted by molar-refractivity contribution is 6.34. The number of rotatable bonds is 1. The number of nitrogens with one attached hydrogen (secondary N) is 1. The minimum absolute atomic E-state index is 0.293. The molecule has 0 bridgehead atoms. The second-order valence-corrected chi connectivity index (χ2v) is 5.54. The van der Waals surface area contributed by atoms with Crippen molar-refractivity contribution < 1.29 is 9.59 Å². The Kier molecular flexibility index (Phi) is 5.19. The van der Waals surface area contributed by atoms with E-state index in [1.807, 2.05) is 0 Å². The first-order valence-electron chi connectivity index (χ1n) is 7.51. The van der Waals surface area contributed by atoms with Crippen molar-refractivity contribution in [2.24, 2.45) is 5.92 Å². The van der Waals surface area contributed by atoms with E-state index in [2.05, 4.69) is 12.2 Å². The van der Waals surface area contributed by atoms with Gasteiger partial charge in [0.05, 0.1) is 0 Å². The summed E-state index contributed by atoms with van der Waals surface area (Å²) >= 11 is 0. The molecule has 2 aliphatic rings. The molecule has 2 aliphatic heterocycles. The summed E-state index contributed by atoms with van der Waals surface area (Å²) in [6, 6.07) is 0. The van der Waals surface area contributed by atoms with Gasteiger partial charge in [-0.3, -0.25) is 9.59 Å². The van der Waals surface area contributed by atoms with Gasteiger partial charge in [-0.1, -0.05) is 13.3 Å². The van der Waals surface area contributed by atoms with Gasteiger partial charge >= 0.3 is 11.8 Å². The van der Waals surface area contributed by atoms with Crippen LogP contribution in [0.3, 0.4) is 0 Å². The fourth-order valence-electron chi connectivity index (χ4n) is 2.92. The number of hydrogen-bond donors (Lipinski definition) is 1. The Hall–Kier alpha value is -1.10. The second-order valence-electron chi connectivity index (χ2n) is 5.54. The Morgan fingerprint density at radius 2 is 1.63 bits per heavy atom. The van der Waals surface area contributed by atoms with Crippen molar-refractivity contribution >= 4 is 11.8 Å². The fourth-order valence-corrected chi connectivity index (χ4v) is 2.92. The number of amides is 2. The predicted molar refractivity (Wildman–Crippen MR) is 73.7 cm³/mol. The summed E-state index contributed by atoms with van der Waals surface area (Å²) in [5.41, 5.74) is 0. The molecule has 1 atom stereocenters. The Morgan fingerprint density at radius 1 is 1.00 bits per heavy atom. The Balaban J connectivity index is 1.89. The van der Waals surface area contributed by atoms with Gasteiger partial charge in [0.25, 0.3) is 0 Å². The lowest BCUT2D eigenvalue weighted by Crippen LogP contribution is -2.52. The molecule has 0 aromatic carbocycles. The smallest absolute Gasteiger partial charge is 0.312 e. The highest BCUT2D eigenvalue weighted by Gasteiger charge is 2.29. The molecule has 0 aromatic heterocycles. The normalized spacial score (nSPS) is 25.0. The van der Waals surface area contributed by atoms with E-state index in [4.69, 9.17) is 0 Å². The fraction of sp³-hybridized carbons (Fsp3) is 0.857. The number of hydrogen-bond acceptors (Lipinski definition) is 3. The monoisotopic (exact) mass is 267 g/mol. The Bertz CT molecular complexity index is 327. The van der Waals surface area contributed by atoms with Gasteiger partial charge in [0.2, 0.25) is 0 Å². The van der Waals surface area contributed by atoms with E-state index in [0.29, 0.717) is 19.0 Å². The van der Waals surface area contributed by atoms with Crippen LogP contribution in [-0.4, -0.2) is 60.9 Å². The lowest BCUT2D eigenvalue weighted by Gasteiger charge is -2.29. The topological polar surface area (TPSA) is 52.7 Å². The zero-order chi connectivity index (χ0) is 13.7. The lowest BCUT2D eigenvalue weighted by molar-refractivity contribution is -0.152. The third kappa shape index (κ3) is 3.69. The summed E-state index contributed by atoms with van der Waals surface area (Å²) in [7, 11) is 0. The maximum Gasteiger partial charge on any atom is 0.312 e. The van der Waals surface area contributed by atoms with E-state index >= 15 is 0 Å². The van der Waals surface area contributed by atoms with Gasteiger partial charge in [-0.25, -0.2) is 0 Å². The van der Waals surface area contributed by atoms with Gasteiger partial charge in [0, 0.05) is 39.3 Å². The third-order valence-corrected chi connectivity index (χ3v) is 4.30. The number of likely N-dealkylation sites (tertiary alicyclic amines) is 1. The van der Waals surface area contributed by atoms with Crippen LogP contribution in [0, 0.1) is 5.92 Å². The van der Waals surface area contributed by atoms with Crippen molar-refractivity contribution in [3.05, 3.63) is 0 Å². The molecule has 1 unspecified atom stereocenters. The molecule has 0 aromatic rings. The minimum atomic E-state index is -0.309. The summed E-state index contributed by atoms with van der Waals surface area (Å²) in [5, 5.41) is 3.19. The van der Waals surface area contributed by atoms with Crippen LogP contribution in [0.4, 0.5) is 0 Å². The van der Waals surface area contributed by atoms with Crippen molar-refractivity contribution in [3.8, 4) is 0 Å². The molecule has 0 radical (unpaired) electrons. The molecule has 108 valence electrons. The molecule has 2 heterocycles. The highest BCUT2D eigenvalue weighted by Crippen LogP contribution is 2.20. The average Bonchev–Trinajstić information content (AvgIpc) is 2.72.